The molecule has 0 aliphatic rings. The molecular formula is C23H20N4O5S. The molecule has 4 rings (SSSR count). The van der Waals surface area contributed by atoms with Crippen LogP contribution >= 0.6 is 0 Å². The highest BCUT2D eigenvalue weighted by Crippen LogP contribution is 2.30. The molecule has 0 unspecified atom stereocenters. The molecule has 2 heterocycles. The van der Waals surface area contributed by atoms with E-state index in [2.05, 4.69) is 15.3 Å². The Labute approximate surface area is 190 Å². The van der Waals surface area contributed by atoms with Crippen molar-refractivity contribution in [2.45, 2.75) is 23.3 Å². The first-order valence-electron chi connectivity index (χ1n) is 9.89. The summed E-state index contributed by atoms with van der Waals surface area (Å²) in [6.45, 7) is 1.56. The minimum absolute atomic E-state index is 0.0475. The van der Waals surface area contributed by atoms with Gasteiger partial charge in [0, 0.05) is 36.9 Å². The smallest absolute Gasteiger partial charge is 0.254 e. The number of rotatable bonds is 7. The summed E-state index contributed by atoms with van der Waals surface area (Å²) in [6, 6.07) is 10.4. The number of ether oxygens (including phenoxy) is 1. The zero-order valence-corrected chi connectivity index (χ0v) is 18.7. The highest BCUT2D eigenvalue weighted by molar-refractivity contribution is 7.91. The molecule has 2 aromatic carbocycles. The Morgan fingerprint density at radius 2 is 1.82 bits per heavy atom. The molecule has 0 radical (unpaired) electrons. The van der Waals surface area contributed by atoms with Crippen LogP contribution in [0.1, 0.15) is 33.2 Å². The zero-order chi connectivity index (χ0) is 23.6. The number of benzene rings is 2. The Balaban J connectivity index is 1.51. The van der Waals surface area contributed by atoms with Crippen LogP contribution in [0, 0.1) is 0 Å². The molecule has 0 aliphatic carbocycles. The van der Waals surface area contributed by atoms with E-state index in [-0.39, 0.29) is 39.3 Å². The van der Waals surface area contributed by atoms with Gasteiger partial charge < -0.3 is 10.1 Å². The van der Waals surface area contributed by atoms with Crippen molar-refractivity contribution in [1.29, 1.82) is 0 Å². The first kappa shape index (κ1) is 22.2. The number of aromatic nitrogens is 3. The van der Waals surface area contributed by atoms with Crippen LogP contribution in [0.15, 0.2) is 77.0 Å². The molecule has 1 N–H and O–H groups in total. The Hall–Kier alpha value is -4.05. The van der Waals surface area contributed by atoms with Crippen molar-refractivity contribution >= 4 is 27.3 Å². The molecule has 168 valence electrons. The van der Waals surface area contributed by atoms with Crippen LogP contribution in [-0.4, -0.2) is 41.6 Å². The molecule has 0 fully saturated rings. The molecule has 0 saturated carbocycles. The number of amides is 1. The van der Waals surface area contributed by atoms with Crippen molar-refractivity contribution in [3.8, 4) is 5.75 Å². The Morgan fingerprint density at radius 1 is 1.06 bits per heavy atom. The van der Waals surface area contributed by atoms with Gasteiger partial charge in [0.05, 0.1) is 17.6 Å². The van der Waals surface area contributed by atoms with Gasteiger partial charge in [0.25, 0.3) is 5.91 Å². The number of nitrogens with zero attached hydrogens (tertiary/aromatic N) is 3. The van der Waals surface area contributed by atoms with Crippen LogP contribution in [0.3, 0.4) is 0 Å². The van der Waals surface area contributed by atoms with Gasteiger partial charge in [-0.3, -0.25) is 14.0 Å². The van der Waals surface area contributed by atoms with Gasteiger partial charge in [-0.2, -0.15) is 0 Å². The highest BCUT2D eigenvalue weighted by atomic mass is 32.2. The van der Waals surface area contributed by atoms with Crippen molar-refractivity contribution in [2.24, 2.45) is 0 Å². The summed E-state index contributed by atoms with van der Waals surface area (Å²) in [4.78, 5) is 32.2. The van der Waals surface area contributed by atoms with Crippen molar-refractivity contribution in [3.05, 3.63) is 83.9 Å². The van der Waals surface area contributed by atoms with E-state index in [1.54, 1.807) is 35.1 Å². The predicted octanol–water partition coefficient (Wildman–Crippen LogP) is 2.70. The highest BCUT2D eigenvalue weighted by Gasteiger charge is 2.23. The number of carbonyl (C=O) groups excluding carboxylic acids is 2. The van der Waals surface area contributed by atoms with Gasteiger partial charge in [-0.15, -0.1) is 0 Å². The van der Waals surface area contributed by atoms with E-state index in [0.29, 0.717) is 16.9 Å². The lowest BCUT2D eigenvalue weighted by Crippen LogP contribution is -2.23. The summed E-state index contributed by atoms with van der Waals surface area (Å²) in [5.41, 5.74) is 1.36. The number of imidazole rings is 1. The summed E-state index contributed by atoms with van der Waals surface area (Å²) in [6.07, 6.45) is 6.35. The third-order valence-corrected chi connectivity index (χ3v) is 6.84. The van der Waals surface area contributed by atoms with Crippen molar-refractivity contribution in [1.82, 2.24) is 19.7 Å². The molecule has 0 saturated heterocycles. The van der Waals surface area contributed by atoms with Crippen molar-refractivity contribution < 1.29 is 22.7 Å². The van der Waals surface area contributed by atoms with E-state index in [9.17, 15) is 18.0 Å². The minimum atomic E-state index is -3.93. The molecule has 0 atom stereocenters. The van der Waals surface area contributed by atoms with Gasteiger partial charge in [-0.1, -0.05) is 12.1 Å². The fourth-order valence-corrected chi connectivity index (χ4v) is 4.68. The maximum absolute atomic E-state index is 13.2. The third-order valence-electron chi connectivity index (χ3n) is 5.05. The third kappa shape index (κ3) is 4.46. The summed E-state index contributed by atoms with van der Waals surface area (Å²) < 4.78 is 33.2. The second kappa shape index (κ2) is 8.83. The molecule has 33 heavy (non-hydrogen) atoms. The second-order valence-electron chi connectivity index (χ2n) is 7.23. The van der Waals surface area contributed by atoms with Crippen LogP contribution in [-0.2, 0) is 16.4 Å². The summed E-state index contributed by atoms with van der Waals surface area (Å²) in [5.74, 6) is 0.0804. The van der Waals surface area contributed by atoms with Crippen LogP contribution in [0.2, 0.25) is 0 Å². The fourth-order valence-electron chi connectivity index (χ4n) is 3.24. The molecule has 1 amide bonds. The number of carbonyl (C=O) groups is 2. The topological polar surface area (TPSA) is 120 Å². The van der Waals surface area contributed by atoms with E-state index in [0.717, 1.165) is 0 Å². The number of fused-ring (bicyclic) bond motifs is 1. The number of hydrogen-bond donors (Lipinski definition) is 1. The zero-order valence-electron chi connectivity index (χ0n) is 17.8. The molecule has 10 heteroatoms. The predicted molar refractivity (Wildman–Crippen MR) is 119 cm³/mol. The molecule has 0 aliphatic heterocycles. The number of sulfone groups is 1. The maximum Gasteiger partial charge on any atom is 0.254 e. The van der Waals surface area contributed by atoms with Crippen LogP contribution in [0.25, 0.3) is 5.78 Å². The number of nitrogens with one attached hydrogen (secondary N) is 1. The largest absolute Gasteiger partial charge is 0.495 e. The Bertz CT molecular complexity index is 1460. The van der Waals surface area contributed by atoms with Gasteiger partial charge in [0.15, 0.2) is 5.78 Å². The SMILES string of the molecule is COc1ccc(C(C)=O)cc1S(=O)(=O)c1ccc(CNC(=O)c2cnc3nccn3c2)cc1. The molecule has 4 aromatic rings. The van der Waals surface area contributed by atoms with Gasteiger partial charge in [0.2, 0.25) is 15.6 Å². The van der Waals surface area contributed by atoms with Crippen LogP contribution < -0.4 is 10.1 Å². The number of methoxy groups -OCH3 is 1. The molecule has 9 nitrogen and oxygen atoms in total. The first-order chi connectivity index (χ1) is 15.8. The average Bonchev–Trinajstić information content (AvgIpc) is 3.30. The first-order valence-corrected chi connectivity index (χ1v) is 11.4. The van der Waals surface area contributed by atoms with Crippen molar-refractivity contribution in [3.63, 3.8) is 0 Å². The van der Waals surface area contributed by atoms with E-state index in [4.69, 9.17) is 4.74 Å². The lowest BCUT2D eigenvalue weighted by Gasteiger charge is -2.12. The summed E-state index contributed by atoms with van der Waals surface area (Å²) in [7, 11) is -2.56. The monoisotopic (exact) mass is 464 g/mol. The van der Waals surface area contributed by atoms with Gasteiger partial charge in [-0.25, -0.2) is 18.4 Å². The molecule has 0 bridgehead atoms. The van der Waals surface area contributed by atoms with Crippen molar-refractivity contribution in [2.75, 3.05) is 7.11 Å². The maximum atomic E-state index is 13.2. The van der Waals surface area contributed by atoms with Crippen LogP contribution in [0.4, 0.5) is 0 Å². The van der Waals surface area contributed by atoms with Crippen LogP contribution in [0.5, 0.6) is 5.75 Å². The Kier molecular flexibility index (Phi) is 5.93. The lowest BCUT2D eigenvalue weighted by molar-refractivity contribution is 0.0949. The fraction of sp³-hybridized carbons (Fsp3) is 0.130. The quantitative estimate of drug-likeness (QED) is 0.418. The number of ketones is 1. The van der Waals surface area contributed by atoms with Gasteiger partial charge in [0.1, 0.15) is 10.6 Å². The van der Waals surface area contributed by atoms with E-state index >= 15 is 0 Å². The summed E-state index contributed by atoms with van der Waals surface area (Å²) >= 11 is 0. The van der Waals surface area contributed by atoms with E-state index in [1.165, 1.54) is 50.6 Å². The van der Waals surface area contributed by atoms with E-state index in [1.807, 2.05) is 0 Å². The standard InChI is InChI=1S/C23H20N4O5S/c1-15(28)17-5-8-20(32-2)21(11-17)33(30,31)19-6-3-16(4-7-19)12-25-22(29)18-13-26-23-24-9-10-27(23)14-18/h3-11,13-14H,12H2,1-2H3,(H,25,29). The lowest BCUT2D eigenvalue weighted by atomic mass is 10.1. The number of Topliss-reactive ketones (excluding diaryl/α,β-unsaturated/α-hetero) is 1. The Morgan fingerprint density at radius 3 is 2.52 bits per heavy atom. The average molecular weight is 465 g/mol. The van der Waals surface area contributed by atoms with Gasteiger partial charge in [-0.05, 0) is 42.8 Å². The normalized spacial score (nSPS) is 11.3. The number of hydrogen-bond acceptors (Lipinski definition) is 7. The van der Waals surface area contributed by atoms with Gasteiger partial charge >= 0.3 is 0 Å². The molecular weight excluding hydrogens is 444 g/mol. The molecule has 0 spiro atoms. The molecule has 2 aromatic heterocycles. The summed E-state index contributed by atoms with van der Waals surface area (Å²) in [5, 5.41) is 2.78. The second-order valence-corrected chi connectivity index (χ2v) is 9.15. The minimum Gasteiger partial charge on any atom is -0.495 e. The van der Waals surface area contributed by atoms with E-state index < -0.39 is 9.84 Å².